The summed E-state index contributed by atoms with van der Waals surface area (Å²) in [7, 11) is -3.26. The van der Waals surface area contributed by atoms with Crippen molar-refractivity contribution in [2.24, 2.45) is 5.92 Å². The van der Waals surface area contributed by atoms with Crippen LogP contribution in [0.3, 0.4) is 0 Å². The Hall–Kier alpha value is -0.960. The van der Waals surface area contributed by atoms with Crippen LogP contribution >= 0.6 is 11.8 Å². The molecule has 20 heavy (non-hydrogen) atoms. The van der Waals surface area contributed by atoms with Crippen molar-refractivity contribution in [2.75, 3.05) is 30.6 Å². The lowest BCUT2D eigenvalue weighted by Gasteiger charge is -2.16. The highest BCUT2D eigenvalue weighted by molar-refractivity contribution is 7.98. The Bertz CT molecular complexity index is 425. The van der Waals surface area contributed by atoms with Crippen LogP contribution in [0.25, 0.3) is 0 Å². The van der Waals surface area contributed by atoms with Crippen molar-refractivity contribution < 1.29 is 23.1 Å². The second-order valence-electron chi connectivity index (χ2n) is 4.72. The van der Waals surface area contributed by atoms with Crippen molar-refractivity contribution in [3.05, 3.63) is 0 Å². The number of hydrogen-bond acceptors (Lipinski definition) is 5. The average molecular weight is 326 g/mol. The number of carboxylic acids is 1. The van der Waals surface area contributed by atoms with Crippen LogP contribution in [0.5, 0.6) is 0 Å². The molecule has 2 atom stereocenters. The third kappa shape index (κ3) is 9.90. The third-order valence-corrected chi connectivity index (χ3v) is 4.32. The zero-order chi connectivity index (χ0) is 15.8. The molecule has 0 aliphatic rings. The molecule has 0 spiro atoms. The molecule has 0 saturated heterocycles. The molecule has 9 heteroatoms. The molecule has 0 radical (unpaired) electrons. The number of rotatable bonds is 9. The molecular weight excluding hydrogens is 304 g/mol. The van der Waals surface area contributed by atoms with E-state index in [4.69, 9.17) is 5.11 Å². The number of aliphatic carboxylic acids is 1. The topological polar surface area (TPSA) is 113 Å². The Kier molecular flexibility index (Phi) is 8.63. The molecule has 0 rings (SSSR count). The van der Waals surface area contributed by atoms with Crippen molar-refractivity contribution >= 4 is 33.6 Å². The monoisotopic (exact) mass is 326 g/mol. The number of carboxylic acid groups (broad SMARTS) is 1. The van der Waals surface area contributed by atoms with E-state index in [1.54, 1.807) is 11.8 Å². The van der Waals surface area contributed by atoms with Gasteiger partial charge in [-0.3, -0.25) is 0 Å². The van der Waals surface area contributed by atoms with Gasteiger partial charge in [0.15, 0.2) is 0 Å². The predicted molar refractivity (Wildman–Crippen MR) is 79.8 cm³/mol. The lowest BCUT2D eigenvalue weighted by atomic mass is 10.2. The Morgan fingerprint density at radius 3 is 2.40 bits per heavy atom. The standard InChI is InChI=1S/C11H22N2O5S2/c1-8(7-19-2)6-12-11(16)13-9(10(14)15)4-5-20(3,17)18/h8-9H,4-7H2,1-3H3,(H,14,15)(H2,12,13,16). The normalized spacial score (nSPS) is 14.3. The molecule has 0 aliphatic heterocycles. The summed E-state index contributed by atoms with van der Waals surface area (Å²) in [5.41, 5.74) is 0. The third-order valence-electron chi connectivity index (χ3n) is 2.44. The number of urea groups is 1. The second kappa shape index (κ2) is 9.06. The molecule has 7 nitrogen and oxygen atoms in total. The molecule has 0 aromatic rings. The molecule has 0 aromatic heterocycles. The Morgan fingerprint density at radius 2 is 1.95 bits per heavy atom. The van der Waals surface area contributed by atoms with E-state index < -0.39 is 27.9 Å². The zero-order valence-electron chi connectivity index (χ0n) is 11.9. The SMILES string of the molecule is CSCC(C)CNC(=O)NC(CCS(C)(=O)=O)C(=O)O. The first-order valence-corrected chi connectivity index (χ1v) is 9.55. The molecule has 2 unspecified atom stereocenters. The first kappa shape index (κ1) is 19.0. The van der Waals surface area contributed by atoms with Crippen molar-refractivity contribution in [1.82, 2.24) is 10.6 Å². The number of sulfone groups is 1. The summed E-state index contributed by atoms with van der Waals surface area (Å²) in [6.07, 6.45) is 2.83. The van der Waals surface area contributed by atoms with Crippen molar-refractivity contribution in [3.8, 4) is 0 Å². The maximum absolute atomic E-state index is 11.5. The summed E-state index contributed by atoms with van der Waals surface area (Å²) in [5.74, 6) is -0.375. The highest BCUT2D eigenvalue weighted by Gasteiger charge is 2.21. The van der Waals surface area contributed by atoms with Crippen LogP contribution in [0.1, 0.15) is 13.3 Å². The highest BCUT2D eigenvalue weighted by Crippen LogP contribution is 2.02. The van der Waals surface area contributed by atoms with Gasteiger partial charge in [-0.2, -0.15) is 11.8 Å². The van der Waals surface area contributed by atoms with E-state index >= 15 is 0 Å². The lowest BCUT2D eigenvalue weighted by Crippen LogP contribution is -2.47. The minimum Gasteiger partial charge on any atom is -0.480 e. The molecular formula is C11H22N2O5S2. The largest absolute Gasteiger partial charge is 0.480 e. The molecule has 0 aromatic carbocycles. The number of thioether (sulfide) groups is 1. The van der Waals surface area contributed by atoms with Crippen LogP contribution in [-0.2, 0) is 14.6 Å². The minimum absolute atomic E-state index is 0.151. The summed E-state index contributed by atoms with van der Waals surface area (Å²) in [4.78, 5) is 22.5. The average Bonchev–Trinajstić information content (AvgIpc) is 2.30. The second-order valence-corrected chi connectivity index (χ2v) is 7.89. The van der Waals surface area contributed by atoms with Gasteiger partial charge in [0.05, 0.1) is 5.75 Å². The predicted octanol–water partition coefficient (Wildman–Crippen LogP) is 0.173. The van der Waals surface area contributed by atoms with E-state index in [0.29, 0.717) is 6.54 Å². The van der Waals surface area contributed by atoms with Gasteiger partial charge in [-0.1, -0.05) is 6.92 Å². The van der Waals surface area contributed by atoms with Gasteiger partial charge in [0.2, 0.25) is 0 Å². The molecule has 0 fully saturated rings. The zero-order valence-corrected chi connectivity index (χ0v) is 13.5. The number of hydrogen-bond donors (Lipinski definition) is 3. The van der Waals surface area contributed by atoms with E-state index in [9.17, 15) is 18.0 Å². The molecule has 2 amide bonds. The van der Waals surface area contributed by atoms with Crippen molar-refractivity contribution in [3.63, 3.8) is 0 Å². The number of amides is 2. The summed E-state index contributed by atoms with van der Waals surface area (Å²) >= 11 is 1.66. The number of carbonyl (C=O) groups is 2. The first-order chi connectivity index (χ1) is 9.15. The fourth-order valence-corrected chi connectivity index (χ4v) is 2.76. The summed E-state index contributed by atoms with van der Waals surface area (Å²) < 4.78 is 22.0. The highest BCUT2D eigenvalue weighted by atomic mass is 32.2. The van der Waals surface area contributed by atoms with Crippen molar-refractivity contribution in [1.29, 1.82) is 0 Å². The fraction of sp³-hybridized carbons (Fsp3) is 0.818. The smallest absolute Gasteiger partial charge is 0.326 e. The lowest BCUT2D eigenvalue weighted by molar-refractivity contribution is -0.139. The number of carbonyl (C=O) groups excluding carboxylic acids is 1. The van der Waals surface area contributed by atoms with Crippen LogP contribution in [0.4, 0.5) is 4.79 Å². The quantitative estimate of drug-likeness (QED) is 0.557. The van der Waals surface area contributed by atoms with E-state index in [1.807, 2.05) is 13.2 Å². The van der Waals surface area contributed by atoms with Gasteiger partial charge in [-0.15, -0.1) is 0 Å². The summed E-state index contributed by atoms with van der Waals surface area (Å²) in [6.45, 7) is 2.40. The van der Waals surface area contributed by atoms with Crippen molar-refractivity contribution in [2.45, 2.75) is 19.4 Å². The van der Waals surface area contributed by atoms with E-state index in [2.05, 4.69) is 10.6 Å². The van der Waals surface area contributed by atoms with E-state index in [1.165, 1.54) is 0 Å². The molecule has 3 N–H and O–H groups in total. The van der Waals surface area contributed by atoms with Gasteiger partial charge in [-0.25, -0.2) is 18.0 Å². The minimum atomic E-state index is -3.26. The molecule has 0 bridgehead atoms. The summed E-state index contributed by atoms with van der Waals surface area (Å²) in [6, 6.07) is -1.81. The van der Waals surface area contributed by atoms with Crippen LogP contribution in [0.15, 0.2) is 0 Å². The van der Waals surface area contributed by atoms with Gasteiger partial charge in [0.1, 0.15) is 15.9 Å². The number of nitrogens with one attached hydrogen (secondary N) is 2. The first-order valence-electron chi connectivity index (χ1n) is 6.09. The van der Waals surface area contributed by atoms with Crippen LogP contribution in [0.2, 0.25) is 0 Å². The maximum Gasteiger partial charge on any atom is 0.326 e. The van der Waals surface area contributed by atoms with Gasteiger partial charge in [-0.05, 0) is 24.3 Å². The molecule has 0 aliphatic carbocycles. The Balaban J connectivity index is 4.24. The fourth-order valence-electron chi connectivity index (χ4n) is 1.41. The Morgan fingerprint density at radius 1 is 1.35 bits per heavy atom. The van der Waals surface area contributed by atoms with Gasteiger partial charge in [0, 0.05) is 12.8 Å². The van der Waals surface area contributed by atoms with E-state index in [0.717, 1.165) is 12.0 Å². The van der Waals surface area contributed by atoms with Crippen LogP contribution < -0.4 is 10.6 Å². The summed E-state index contributed by atoms with van der Waals surface area (Å²) in [5, 5.41) is 13.8. The van der Waals surface area contributed by atoms with Gasteiger partial charge < -0.3 is 15.7 Å². The molecule has 0 saturated carbocycles. The van der Waals surface area contributed by atoms with E-state index in [-0.39, 0.29) is 18.1 Å². The van der Waals surface area contributed by atoms with Crippen LogP contribution in [-0.4, -0.2) is 62.1 Å². The van der Waals surface area contributed by atoms with Crippen LogP contribution in [0, 0.1) is 5.92 Å². The molecule has 118 valence electrons. The maximum atomic E-state index is 11.5. The Labute approximate surface area is 123 Å². The van der Waals surface area contributed by atoms with Gasteiger partial charge >= 0.3 is 12.0 Å². The molecule has 0 heterocycles. The van der Waals surface area contributed by atoms with Gasteiger partial charge in [0.25, 0.3) is 0 Å².